The van der Waals surface area contributed by atoms with Gasteiger partial charge in [-0.15, -0.1) is 24.5 Å². The molecular formula is C19H18F3N3O3S. The third-order valence-corrected chi connectivity index (χ3v) is 4.86. The molecule has 0 spiro atoms. The molecule has 0 aliphatic rings. The number of rotatable bonds is 8. The highest BCUT2D eigenvalue weighted by molar-refractivity contribution is 7.13. The van der Waals surface area contributed by atoms with Gasteiger partial charge in [0.05, 0.1) is 4.88 Å². The molecule has 0 N–H and O–H groups in total. The summed E-state index contributed by atoms with van der Waals surface area (Å²) in [6.45, 7) is 0.286. The minimum absolute atomic E-state index is 0.0846. The minimum atomic E-state index is -4.73. The average molecular weight is 425 g/mol. The molecule has 154 valence electrons. The Morgan fingerprint density at radius 2 is 2.00 bits per heavy atom. The first-order valence-corrected chi connectivity index (χ1v) is 9.63. The summed E-state index contributed by atoms with van der Waals surface area (Å²) in [5.74, 6) is 0.635. The topological polar surface area (TPSA) is 68.5 Å². The number of aryl methyl sites for hydroxylation is 1. The molecule has 0 atom stereocenters. The molecule has 0 fully saturated rings. The maximum atomic E-state index is 12.3. The number of aromatic nitrogens is 2. The zero-order chi connectivity index (χ0) is 20.9. The van der Waals surface area contributed by atoms with Gasteiger partial charge in [-0.05, 0) is 35.6 Å². The Balaban J connectivity index is 1.43. The first-order chi connectivity index (χ1) is 13.8. The monoisotopic (exact) mass is 425 g/mol. The van der Waals surface area contributed by atoms with Gasteiger partial charge in [0.1, 0.15) is 5.75 Å². The lowest BCUT2D eigenvalue weighted by atomic mass is 10.2. The maximum Gasteiger partial charge on any atom is 0.573 e. The molecule has 1 amide bonds. The van der Waals surface area contributed by atoms with E-state index in [4.69, 9.17) is 4.52 Å². The van der Waals surface area contributed by atoms with Gasteiger partial charge < -0.3 is 14.2 Å². The van der Waals surface area contributed by atoms with Gasteiger partial charge in [0.15, 0.2) is 0 Å². The van der Waals surface area contributed by atoms with Crippen LogP contribution in [0.15, 0.2) is 46.3 Å². The van der Waals surface area contributed by atoms with Crippen molar-refractivity contribution in [3.8, 4) is 16.5 Å². The summed E-state index contributed by atoms with van der Waals surface area (Å²) in [6.07, 6.45) is -3.39. The van der Waals surface area contributed by atoms with E-state index in [2.05, 4.69) is 14.9 Å². The van der Waals surface area contributed by atoms with E-state index in [0.29, 0.717) is 36.5 Å². The standard InChI is InChI=1S/C19H18F3N3O3S/c1-25(12-13-7-9-14(10-8-13)27-19(20,21)22)17(26)6-2-5-16-23-18(24-28-16)15-4-3-11-29-15/h3-4,7-11H,2,5-6,12H2,1H3. The summed E-state index contributed by atoms with van der Waals surface area (Å²) in [5, 5.41) is 5.85. The summed E-state index contributed by atoms with van der Waals surface area (Å²) in [4.78, 5) is 19.0. The summed E-state index contributed by atoms with van der Waals surface area (Å²) in [6, 6.07) is 9.25. The molecule has 0 saturated heterocycles. The Labute approximate surface area is 168 Å². The lowest BCUT2D eigenvalue weighted by Gasteiger charge is -2.17. The molecule has 2 aromatic heterocycles. The number of hydrogen-bond donors (Lipinski definition) is 0. The van der Waals surface area contributed by atoms with Crippen molar-refractivity contribution in [1.29, 1.82) is 0 Å². The number of amides is 1. The van der Waals surface area contributed by atoms with E-state index in [-0.39, 0.29) is 18.2 Å². The van der Waals surface area contributed by atoms with Crippen LogP contribution in [0, 0.1) is 0 Å². The van der Waals surface area contributed by atoms with Crippen molar-refractivity contribution < 1.29 is 27.2 Å². The number of halogens is 3. The van der Waals surface area contributed by atoms with Crippen molar-refractivity contribution in [1.82, 2.24) is 15.0 Å². The smallest absolute Gasteiger partial charge is 0.406 e. The number of carbonyl (C=O) groups is 1. The van der Waals surface area contributed by atoms with E-state index in [0.717, 1.165) is 4.88 Å². The first kappa shape index (κ1) is 20.8. The third-order valence-electron chi connectivity index (χ3n) is 3.99. The maximum absolute atomic E-state index is 12.3. The van der Waals surface area contributed by atoms with Gasteiger partial charge in [-0.1, -0.05) is 23.4 Å². The van der Waals surface area contributed by atoms with E-state index in [9.17, 15) is 18.0 Å². The molecule has 2 heterocycles. The zero-order valence-corrected chi connectivity index (χ0v) is 16.3. The van der Waals surface area contributed by atoms with Gasteiger partial charge in [-0.2, -0.15) is 4.98 Å². The molecule has 1 aromatic carbocycles. The Kier molecular flexibility index (Phi) is 6.53. The molecule has 0 saturated carbocycles. The van der Waals surface area contributed by atoms with Gasteiger partial charge in [0.2, 0.25) is 17.6 Å². The largest absolute Gasteiger partial charge is 0.573 e. The average Bonchev–Trinajstić information content (AvgIpc) is 3.33. The van der Waals surface area contributed by atoms with E-state index < -0.39 is 6.36 Å². The van der Waals surface area contributed by atoms with Crippen molar-refractivity contribution in [3.05, 3.63) is 53.2 Å². The fourth-order valence-electron chi connectivity index (χ4n) is 2.60. The van der Waals surface area contributed by atoms with Crippen molar-refractivity contribution in [2.75, 3.05) is 7.05 Å². The first-order valence-electron chi connectivity index (χ1n) is 8.75. The van der Waals surface area contributed by atoms with Crippen LogP contribution in [0.5, 0.6) is 5.75 Å². The van der Waals surface area contributed by atoms with Crippen LogP contribution < -0.4 is 4.74 Å². The molecule has 3 aromatic rings. The summed E-state index contributed by atoms with van der Waals surface area (Å²) in [7, 11) is 1.64. The molecule has 0 bridgehead atoms. The number of ether oxygens (including phenoxy) is 1. The van der Waals surface area contributed by atoms with Gasteiger partial charge in [0.25, 0.3) is 0 Å². The second kappa shape index (κ2) is 9.08. The van der Waals surface area contributed by atoms with Crippen LogP contribution in [0.3, 0.4) is 0 Å². The van der Waals surface area contributed by atoms with Gasteiger partial charge in [-0.25, -0.2) is 0 Å². The van der Waals surface area contributed by atoms with Crippen molar-refractivity contribution >= 4 is 17.2 Å². The van der Waals surface area contributed by atoms with E-state index in [1.165, 1.54) is 40.5 Å². The number of hydrogen-bond acceptors (Lipinski definition) is 6. The summed E-state index contributed by atoms with van der Waals surface area (Å²) >= 11 is 1.52. The normalized spacial score (nSPS) is 11.4. The number of benzene rings is 1. The van der Waals surface area contributed by atoms with Crippen LogP contribution in [-0.2, 0) is 17.8 Å². The number of carbonyl (C=O) groups excluding carboxylic acids is 1. The SMILES string of the molecule is CN(Cc1ccc(OC(F)(F)F)cc1)C(=O)CCCc1nc(-c2cccs2)no1. The second-order valence-electron chi connectivity index (χ2n) is 6.28. The third kappa shape index (κ3) is 6.31. The number of nitrogens with zero attached hydrogens (tertiary/aromatic N) is 3. The van der Waals surface area contributed by atoms with Gasteiger partial charge in [-0.3, -0.25) is 4.79 Å². The second-order valence-corrected chi connectivity index (χ2v) is 7.23. The molecule has 0 aliphatic heterocycles. The Morgan fingerprint density at radius 1 is 1.24 bits per heavy atom. The van der Waals surface area contributed by atoms with Crippen molar-refractivity contribution in [2.24, 2.45) is 0 Å². The zero-order valence-electron chi connectivity index (χ0n) is 15.5. The van der Waals surface area contributed by atoms with E-state index >= 15 is 0 Å². The highest BCUT2D eigenvalue weighted by Gasteiger charge is 2.30. The Bertz CT molecular complexity index is 924. The van der Waals surface area contributed by atoms with Crippen LogP contribution in [0.1, 0.15) is 24.3 Å². The van der Waals surface area contributed by atoms with Gasteiger partial charge in [0, 0.05) is 26.4 Å². The Morgan fingerprint density at radius 3 is 2.66 bits per heavy atom. The fraction of sp³-hybridized carbons (Fsp3) is 0.316. The highest BCUT2D eigenvalue weighted by atomic mass is 32.1. The predicted molar refractivity (Wildman–Crippen MR) is 100 cm³/mol. The molecule has 10 heteroatoms. The predicted octanol–water partition coefficient (Wildman–Crippen LogP) is 4.68. The molecule has 6 nitrogen and oxygen atoms in total. The van der Waals surface area contributed by atoms with E-state index in [1.807, 2.05) is 17.5 Å². The highest BCUT2D eigenvalue weighted by Crippen LogP contribution is 2.23. The van der Waals surface area contributed by atoms with Gasteiger partial charge >= 0.3 is 6.36 Å². The number of alkyl halides is 3. The minimum Gasteiger partial charge on any atom is -0.406 e. The van der Waals surface area contributed by atoms with Crippen molar-refractivity contribution in [2.45, 2.75) is 32.2 Å². The Hall–Kier alpha value is -2.88. The van der Waals surface area contributed by atoms with Crippen molar-refractivity contribution in [3.63, 3.8) is 0 Å². The van der Waals surface area contributed by atoms with Crippen LogP contribution in [-0.4, -0.2) is 34.4 Å². The fourth-order valence-corrected chi connectivity index (χ4v) is 3.25. The molecule has 0 unspecified atom stereocenters. The molecular weight excluding hydrogens is 407 g/mol. The lowest BCUT2D eigenvalue weighted by Crippen LogP contribution is -2.26. The summed E-state index contributed by atoms with van der Waals surface area (Å²) in [5.41, 5.74) is 0.702. The molecule has 29 heavy (non-hydrogen) atoms. The van der Waals surface area contributed by atoms with E-state index in [1.54, 1.807) is 7.05 Å². The molecule has 0 aliphatic carbocycles. The number of thiophene rings is 1. The molecule has 0 radical (unpaired) electrons. The van der Waals surface area contributed by atoms with Crippen LogP contribution >= 0.6 is 11.3 Å². The van der Waals surface area contributed by atoms with Crippen LogP contribution in [0.4, 0.5) is 13.2 Å². The van der Waals surface area contributed by atoms with Crippen LogP contribution in [0.25, 0.3) is 10.7 Å². The summed E-state index contributed by atoms with van der Waals surface area (Å²) < 4.78 is 45.6. The van der Waals surface area contributed by atoms with Crippen LogP contribution in [0.2, 0.25) is 0 Å². The molecule has 3 rings (SSSR count). The quantitative estimate of drug-likeness (QED) is 0.524. The lowest BCUT2D eigenvalue weighted by molar-refractivity contribution is -0.274.